The van der Waals surface area contributed by atoms with Gasteiger partial charge in [0.15, 0.2) is 11.5 Å². The van der Waals surface area contributed by atoms with E-state index in [4.69, 9.17) is 14.2 Å². The summed E-state index contributed by atoms with van der Waals surface area (Å²) in [5.74, 6) is 1.31. The quantitative estimate of drug-likeness (QED) is 0.402. The zero-order valence-corrected chi connectivity index (χ0v) is 21.3. The molecule has 0 saturated carbocycles. The van der Waals surface area contributed by atoms with Crippen LogP contribution in [-0.4, -0.2) is 41.4 Å². The third-order valence-corrected chi connectivity index (χ3v) is 6.29. The van der Waals surface area contributed by atoms with Crippen molar-refractivity contribution < 1.29 is 19.0 Å². The Kier molecular flexibility index (Phi) is 7.00. The molecule has 0 aliphatic heterocycles. The summed E-state index contributed by atoms with van der Waals surface area (Å²) in [5.41, 5.74) is 4.81. The number of aromatic nitrogens is 3. The number of hydrogen-bond acceptors (Lipinski definition) is 6. The molecule has 0 aliphatic rings. The highest BCUT2D eigenvalue weighted by atomic mass is 16.5. The number of nitrogens with zero attached hydrogens (tertiary/aromatic N) is 3. The Morgan fingerprint density at radius 2 is 1.69 bits per heavy atom. The summed E-state index contributed by atoms with van der Waals surface area (Å²) < 4.78 is 19.6. The predicted octanol–water partition coefficient (Wildman–Crippen LogP) is 3.91. The van der Waals surface area contributed by atoms with Crippen LogP contribution in [0.3, 0.4) is 0 Å². The molecule has 188 valence electrons. The lowest BCUT2D eigenvalue weighted by atomic mass is 10.1. The Hall–Kier alpha value is -4.27. The van der Waals surface area contributed by atoms with E-state index < -0.39 is 0 Å². The van der Waals surface area contributed by atoms with Crippen LogP contribution in [0.4, 0.5) is 5.69 Å². The number of carbonyl (C=O) groups excluding carboxylic acids is 1. The Labute approximate surface area is 209 Å². The number of hydrogen-bond donors (Lipinski definition) is 1. The van der Waals surface area contributed by atoms with Gasteiger partial charge in [-0.05, 0) is 50.1 Å². The maximum Gasteiger partial charge on any atom is 0.277 e. The summed E-state index contributed by atoms with van der Waals surface area (Å²) in [5, 5.41) is 7.48. The van der Waals surface area contributed by atoms with E-state index in [1.807, 2.05) is 55.8 Å². The van der Waals surface area contributed by atoms with Crippen molar-refractivity contribution in [2.75, 3.05) is 26.6 Å². The van der Waals surface area contributed by atoms with Gasteiger partial charge in [0.1, 0.15) is 5.65 Å². The fraction of sp³-hybridized carbons (Fsp3) is 0.296. The van der Waals surface area contributed by atoms with Crippen molar-refractivity contribution in [3.8, 4) is 28.5 Å². The van der Waals surface area contributed by atoms with E-state index in [0.717, 1.165) is 16.9 Å². The van der Waals surface area contributed by atoms with Crippen LogP contribution < -0.4 is 25.1 Å². The number of aryl methyl sites for hydroxylation is 2. The topological polar surface area (TPSA) is 96.1 Å². The number of carbonyl (C=O) groups is 1. The van der Waals surface area contributed by atoms with Crippen molar-refractivity contribution in [2.24, 2.45) is 7.05 Å². The summed E-state index contributed by atoms with van der Waals surface area (Å²) >= 11 is 0. The highest BCUT2D eigenvalue weighted by Crippen LogP contribution is 2.41. The zero-order valence-electron chi connectivity index (χ0n) is 21.3. The summed E-state index contributed by atoms with van der Waals surface area (Å²) in [6.07, 6.45) is 0.474. The van der Waals surface area contributed by atoms with Gasteiger partial charge in [0.05, 0.1) is 27.0 Å². The maximum absolute atomic E-state index is 13.4. The number of anilines is 1. The lowest BCUT2D eigenvalue weighted by molar-refractivity contribution is -0.116. The summed E-state index contributed by atoms with van der Waals surface area (Å²) in [7, 11) is 6.51. The van der Waals surface area contributed by atoms with Crippen molar-refractivity contribution in [3.05, 3.63) is 69.6 Å². The lowest BCUT2D eigenvalue weighted by Gasteiger charge is -2.13. The minimum atomic E-state index is -0.248. The van der Waals surface area contributed by atoms with Crippen LogP contribution in [0, 0.1) is 13.8 Å². The molecule has 1 N–H and O–H groups in total. The number of methoxy groups -OCH3 is 3. The smallest absolute Gasteiger partial charge is 0.277 e. The zero-order chi connectivity index (χ0) is 26.0. The van der Waals surface area contributed by atoms with E-state index in [1.165, 1.54) is 4.52 Å². The first kappa shape index (κ1) is 24.8. The Balaban J connectivity index is 1.67. The molecule has 0 radical (unpaired) electrons. The molecular formula is C27H30N4O5. The van der Waals surface area contributed by atoms with Crippen LogP contribution in [0.5, 0.6) is 17.2 Å². The number of amides is 1. The van der Waals surface area contributed by atoms with Gasteiger partial charge in [-0.1, -0.05) is 12.1 Å². The molecule has 0 unspecified atom stereocenters. The Morgan fingerprint density at radius 1 is 1.00 bits per heavy atom. The molecule has 9 nitrogen and oxygen atoms in total. The second-order valence-electron chi connectivity index (χ2n) is 8.56. The van der Waals surface area contributed by atoms with Gasteiger partial charge in [-0.3, -0.25) is 9.59 Å². The molecule has 2 heterocycles. The largest absolute Gasteiger partial charge is 0.493 e. The maximum atomic E-state index is 13.4. The van der Waals surface area contributed by atoms with Gasteiger partial charge < -0.3 is 24.1 Å². The number of nitrogens with one attached hydrogen (secondary N) is 1. The minimum Gasteiger partial charge on any atom is -0.493 e. The number of ether oxygens (including phenoxy) is 3. The van der Waals surface area contributed by atoms with Crippen molar-refractivity contribution in [1.82, 2.24) is 14.2 Å². The minimum absolute atomic E-state index is 0.152. The van der Waals surface area contributed by atoms with Crippen LogP contribution in [0.25, 0.3) is 16.9 Å². The van der Waals surface area contributed by atoms with Crippen LogP contribution in [-0.2, 0) is 18.3 Å². The van der Waals surface area contributed by atoms with Gasteiger partial charge in [0.25, 0.3) is 5.56 Å². The lowest BCUT2D eigenvalue weighted by Crippen LogP contribution is -2.26. The molecule has 0 atom stereocenters. The average molecular weight is 491 g/mol. The predicted molar refractivity (Wildman–Crippen MR) is 138 cm³/mol. The van der Waals surface area contributed by atoms with Crippen LogP contribution in [0.2, 0.25) is 0 Å². The van der Waals surface area contributed by atoms with E-state index >= 15 is 0 Å². The van der Waals surface area contributed by atoms with Crippen LogP contribution >= 0.6 is 0 Å². The SMILES string of the molecule is COc1cc(-c2cc3n(C)c(C)c(CCC(=O)Nc4cccc(C)c4)c(=O)n3n2)cc(OC)c1OC. The first-order valence-corrected chi connectivity index (χ1v) is 11.5. The highest BCUT2D eigenvalue weighted by molar-refractivity contribution is 5.90. The van der Waals surface area contributed by atoms with Crippen LogP contribution in [0.1, 0.15) is 23.2 Å². The highest BCUT2D eigenvalue weighted by Gasteiger charge is 2.19. The van der Waals surface area contributed by atoms with Gasteiger partial charge in [-0.2, -0.15) is 9.61 Å². The second kappa shape index (κ2) is 10.2. The molecule has 4 rings (SSSR count). The Bertz CT molecular complexity index is 1480. The monoisotopic (exact) mass is 490 g/mol. The molecular weight excluding hydrogens is 460 g/mol. The van der Waals surface area contributed by atoms with E-state index in [-0.39, 0.29) is 17.9 Å². The summed E-state index contributed by atoms with van der Waals surface area (Å²) in [6, 6.07) is 13.0. The first-order valence-electron chi connectivity index (χ1n) is 11.5. The van der Waals surface area contributed by atoms with E-state index in [2.05, 4.69) is 10.4 Å². The molecule has 0 spiro atoms. The van der Waals surface area contributed by atoms with E-state index in [1.54, 1.807) is 33.5 Å². The van der Waals surface area contributed by atoms with Crippen molar-refractivity contribution in [2.45, 2.75) is 26.7 Å². The normalized spacial score (nSPS) is 10.9. The van der Waals surface area contributed by atoms with E-state index in [9.17, 15) is 9.59 Å². The fourth-order valence-corrected chi connectivity index (χ4v) is 4.26. The standard InChI is InChI=1S/C27H30N4O5/c1-16-8-7-9-19(12-16)28-24(32)11-10-20-17(2)30(3)25-15-21(29-31(25)27(20)33)18-13-22(34-4)26(36-6)23(14-18)35-5/h7-9,12-15H,10-11H2,1-6H3,(H,28,32). The third kappa shape index (κ3) is 4.64. The molecule has 1 amide bonds. The molecule has 36 heavy (non-hydrogen) atoms. The molecule has 0 bridgehead atoms. The Morgan fingerprint density at radius 3 is 2.31 bits per heavy atom. The second-order valence-corrected chi connectivity index (χ2v) is 8.56. The fourth-order valence-electron chi connectivity index (χ4n) is 4.26. The molecule has 0 aliphatic carbocycles. The molecule has 2 aromatic heterocycles. The first-order chi connectivity index (χ1) is 17.3. The van der Waals surface area contributed by atoms with Crippen LogP contribution in [0.15, 0.2) is 47.3 Å². The van der Waals surface area contributed by atoms with Gasteiger partial charge in [0.2, 0.25) is 11.7 Å². The third-order valence-electron chi connectivity index (χ3n) is 6.29. The van der Waals surface area contributed by atoms with Gasteiger partial charge in [0, 0.05) is 42.0 Å². The number of fused-ring (bicyclic) bond motifs is 1. The molecule has 4 aromatic rings. The molecule has 0 fully saturated rings. The molecule has 2 aromatic carbocycles. The van der Waals surface area contributed by atoms with E-state index in [0.29, 0.717) is 46.1 Å². The number of rotatable bonds is 8. The van der Waals surface area contributed by atoms with Crippen molar-refractivity contribution in [3.63, 3.8) is 0 Å². The molecule has 9 heteroatoms. The summed E-state index contributed by atoms with van der Waals surface area (Å²) in [4.78, 5) is 25.9. The number of benzene rings is 2. The molecule has 0 saturated heterocycles. The van der Waals surface area contributed by atoms with Gasteiger partial charge in [-0.25, -0.2) is 0 Å². The average Bonchev–Trinajstić information content (AvgIpc) is 3.32. The summed E-state index contributed by atoms with van der Waals surface area (Å²) in [6.45, 7) is 3.84. The van der Waals surface area contributed by atoms with Gasteiger partial charge in [-0.15, -0.1) is 0 Å². The van der Waals surface area contributed by atoms with Gasteiger partial charge >= 0.3 is 0 Å². The van der Waals surface area contributed by atoms with Crippen molar-refractivity contribution >= 4 is 17.2 Å². The van der Waals surface area contributed by atoms with Crippen molar-refractivity contribution in [1.29, 1.82) is 0 Å².